The van der Waals surface area contributed by atoms with Gasteiger partial charge in [0.05, 0.1) is 30.0 Å². The van der Waals surface area contributed by atoms with Crippen LogP contribution in [-0.4, -0.2) is 56.5 Å². The van der Waals surface area contributed by atoms with Crippen LogP contribution in [0, 0.1) is 17.8 Å². The Balaban J connectivity index is 1.14. The van der Waals surface area contributed by atoms with E-state index in [9.17, 15) is 8.42 Å². The predicted molar refractivity (Wildman–Crippen MR) is 113 cm³/mol. The molecule has 1 aliphatic carbocycles. The fraction of sp³-hybridized carbons (Fsp3) is 0.773. The zero-order valence-corrected chi connectivity index (χ0v) is 18.5. The molecule has 1 N–H and O–H groups in total. The molecule has 7 heteroatoms. The standard InChI is InChI=1S/C22H35N3O3S/c1-3-18-5-7-22(24-18)25-10-8-16(9-11-25)21-12-17(21)14-28-15-19-4-6-20(13-23-19)29(2,26)27/h4,6,13,16-18,21-22,24H,3,5,7-12,14-15H2,1-2H3/t17-,18?,21+,22?/m0/s1. The first kappa shape index (κ1) is 21.2. The summed E-state index contributed by atoms with van der Waals surface area (Å²) in [6.07, 6.45) is 11.1. The van der Waals surface area contributed by atoms with E-state index in [-0.39, 0.29) is 4.90 Å². The molecule has 0 amide bonds. The molecule has 4 rings (SSSR count). The molecule has 162 valence electrons. The first-order chi connectivity index (χ1) is 13.9. The molecule has 0 radical (unpaired) electrons. The van der Waals surface area contributed by atoms with Crippen LogP contribution in [0.3, 0.4) is 0 Å². The predicted octanol–water partition coefficient (Wildman–Crippen LogP) is 2.84. The Morgan fingerprint density at radius 3 is 2.62 bits per heavy atom. The Bertz CT molecular complexity index is 775. The minimum absolute atomic E-state index is 0.257. The van der Waals surface area contributed by atoms with Gasteiger partial charge in [0.2, 0.25) is 0 Å². The van der Waals surface area contributed by atoms with Gasteiger partial charge in [-0.1, -0.05) is 6.92 Å². The van der Waals surface area contributed by atoms with Gasteiger partial charge in [0.15, 0.2) is 9.84 Å². The number of likely N-dealkylation sites (tertiary alicyclic amines) is 1. The number of ether oxygens (including phenoxy) is 1. The highest BCUT2D eigenvalue weighted by Gasteiger charge is 2.44. The van der Waals surface area contributed by atoms with Crippen molar-refractivity contribution in [2.24, 2.45) is 17.8 Å². The molecule has 1 aromatic rings. The van der Waals surface area contributed by atoms with Crippen molar-refractivity contribution >= 4 is 9.84 Å². The number of nitrogens with one attached hydrogen (secondary N) is 1. The summed E-state index contributed by atoms with van der Waals surface area (Å²) in [6, 6.07) is 4.08. The van der Waals surface area contributed by atoms with Gasteiger partial charge in [0.1, 0.15) is 0 Å². The van der Waals surface area contributed by atoms with E-state index in [0.29, 0.717) is 18.7 Å². The average Bonchev–Trinajstić information content (AvgIpc) is 3.32. The normalized spacial score (nSPS) is 31.2. The van der Waals surface area contributed by atoms with Crippen molar-refractivity contribution in [1.29, 1.82) is 0 Å². The number of pyridine rings is 1. The van der Waals surface area contributed by atoms with Gasteiger partial charge < -0.3 is 4.74 Å². The number of rotatable bonds is 8. The van der Waals surface area contributed by atoms with Crippen LogP contribution >= 0.6 is 0 Å². The second-order valence-corrected chi connectivity index (χ2v) is 11.2. The zero-order valence-electron chi connectivity index (χ0n) is 17.7. The van der Waals surface area contributed by atoms with Gasteiger partial charge in [0.25, 0.3) is 0 Å². The van der Waals surface area contributed by atoms with Gasteiger partial charge in [-0.25, -0.2) is 8.42 Å². The Morgan fingerprint density at radius 2 is 2.00 bits per heavy atom. The van der Waals surface area contributed by atoms with E-state index in [1.165, 1.54) is 64.1 Å². The van der Waals surface area contributed by atoms with Crippen LogP contribution in [0.5, 0.6) is 0 Å². The number of hydrogen-bond acceptors (Lipinski definition) is 6. The smallest absolute Gasteiger partial charge is 0.177 e. The summed E-state index contributed by atoms with van der Waals surface area (Å²) in [4.78, 5) is 7.14. The molecule has 3 aliphatic rings. The first-order valence-corrected chi connectivity index (χ1v) is 13.1. The van der Waals surface area contributed by atoms with Crippen molar-refractivity contribution in [3.8, 4) is 0 Å². The van der Waals surface area contributed by atoms with Crippen LogP contribution in [-0.2, 0) is 21.2 Å². The highest BCUT2D eigenvalue weighted by molar-refractivity contribution is 7.90. The second kappa shape index (κ2) is 9.00. The van der Waals surface area contributed by atoms with Gasteiger partial charge >= 0.3 is 0 Å². The fourth-order valence-electron chi connectivity index (χ4n) is 5.14. The lowest BCUT2D eigenvalue weighted by Crippen LogP contribution is -2.47. The quantitative estimate of drug-likeness (QED) is 0.696. The largest absolute Gasteiger partial charge is 0.375 e. The molecule has 3 heterocycles. The van der Waals surface area contributed by atoms with Crippen LogP contribution in [0.4, 0.5) is 0 Å². The van der Waals surface area contributed by atoms with Crippen LogP contribution in [0.2, 0.25) is 0 Å². The van der Waals surface area contributed by atoms with E-state index in [1.807, 2.05) is 0 Å². The van der Waals surface area contributed by atoms with E-state index >= 15 is 0 Å². The topological polar surface area (TPSA) is 71.5 Å². The molecular weight excluding hydrogens is 386 g/mol. The van der Waals surface area contributed by atoms with Crippen LogP contribution in [0.1, 0.15) is 51.1 Å². The molecule has 2 aliphatic heterocycles. The molecule has 2 saturated heterocycles. The molecule has 1 saturated carbocycles. The molecule has 3 fully saturated rings. The molecular formula is C22H35N3O3S. The van der Waals surface area contributed by atoms with E-state index in [1.54, 1.807) is 12.1 Å². The van der Waals surface area contributed by atoms with Crippen molar-refractivity contribution < 1.29 is 13.2 Å². The molecule has 2 unspecified atom stereocenters. The van der Waals surface area contributed by atoms with E-state index in [4.69, 9.17) is 4.74 Å². The maximum absolute atomic E-state index is 11.5. The Labute approximate surface area is 175 Å². The minimum atomic E-state index is -3.19. The van der Waals surface area contributed by atoms with Gasteiger partial charge in [0, 0.05) is 18.5 Å². The fourth-order valence-corrected chi connectivity index (χ4v) is 5.70. The maximum atomic E-state index is 11.5. The third-order valence-corrected chi connectivity index (χ3v) is 8.21. The summed E-state index contributed by atoms with van der Waals surface area (Å²) in [7, 11) is -3.19. The molecule has 29 heavy (non-hydrogen) atoms. The third-order valence-electron chi connectivity index (χ3n) is 7.11. The Morgan fingerprint density at radius 1 is 1.21 bits per heavy atom. The van der Waals surface area contributed by atoms with Crippen molar-refractivity contribution in [1.82, 2.24) is 15.2 Å². The lowest BCUT2D eigenvalue weighted by Gasteiger charge is -2.36. The Kier molecular flexibility index (Phi) is 6.59. The minimum Gasteiger partial charge on any atom is -0.375 e. The van der Waals surface area contributed by atoms with Crippen molar-refractivity contribution in [2.45, 2.75) is 69.2 Å². The molecule has 4 atom stereocenters. The summed E-state index contributed by atoms with van der Waals surface area (Å²) >= 11 is 0. The van der Waals surface area contributed by atoms with Crippen LogP contribution < -0.4 is 5.32 Å². The maximum Gasteiger partial charge on any atom is 0.177 e. The lowest BCUT2D eigenvalue weighted by molar-refractivity contribution is 0.0885. The van der Waals surface area contributed by atoms with E-state index in [0.717, 1.165) is 30.2 Å². The number of sulfone groups is 1. The number of aromatic nitrogens is 1. The lowest BCUT2D eigenvalue weighted by atomic mass is 9.90. The highest BCUT2D eigenvalue weighted by Crippen LogP contribution is 2.48. The van der Waals surface area contributed by atoms with E-state index in [2.05, 4.69) is 22.1 Å². The van der Waals surface area contributed by atoms with Crippen molar-refractivity contribution in [2.75, 3.05) is 26.0 Å². The summed E-state index contributed by atoms with van der Waals surface area (Å²) in [5.41, 5.74) is 0.789. The van der Waals surface area contributed by atoms with Gasteiger partial charge in [-0.3, -0.25) is 15.2 Å². The number of nitrogens with zero attached hydrogens (tertiary/aromatic N) is 2. The summed E-state index contributed by atoms with van der Waals surface area (Å²) in [5.74, 6) is 2.38. The first-order valence-electron chi connectivity index (χ1n) is 11.2. The third kappa shape index (κ3) is 5.37. The van der Waals surface area contributed by atoms with E-state index < -0.39 is 9.84 Å². The van der Waals surface area contributed by atoms with Gasteiger partial charge in [-0.2, -0.15) is 0 Å². The SMILES string of the molecule is CCC1CCC(N2CCC([C@H]3C[C@H]3COCc3ccc(S(C)(=O)=O)cn3)CC2)N1. The zero-order chi connectivity index (χ0) is 20.4. The Hall–Kier alpha value is -1.02. The van der Waals surface area contributed by atoms with Crippen LogP contribution in [0.25, 0.3) is 0 Å². The molecule has 0 spiro atoms. The molecule has 1 aromatic heterocycles. The number of piperidine rings is 1. The van der Waals surface area contributed by atoms with Crippen LogP contribution in [0.15, 0.2) is 23.2 Å². The van der Waals surface area contributed by atoms with Gasteiger partial charge in [-0.05, 0) is 81.5 Å². The summed E-state index contributed by atoms with van der Waals surface area (Å²) < 4.78 is 28.9. The molecule has 0 bridgehead atoms. The van der Waals surface area contributed by atoms with Crippen molar-refractivity contribution in [3.63, 3.8) is 0 Å². The molecule has 0 aromatic carbocycles. The average molecular weight is 422 g/mol. The van der Waals surface area contributed by atoms with Gasteiger partial charge in [-0.15, -0.1) is 0 Å². The second-order valence-electron chi connectivity index (χ2n) is 9.17. The summed E-state index contributed by atoms with van der Waals surface area (Å²) in [6.45, 7) is 6.00. The van der Waals surface area contributed by atoms with Crippen molar-refractivity contribution in [3.05, 3.63) is 24.0 Å². The molecule has 6 nitrogen and oxygen atoms in total. The number of hydrogen-bond donors (Lipinski definition) is 1. The summed E-state index contributed by atoms with van der Waals surface area (Å²) in [5, 5.41) is 3.80. The highest BCUT2D eigenvalue weighted by atomic mass is 32.2. The monoisotopic (exact) mass is 421 g/mol.